The Labute approximate surface area is 129 Å². The zero-order valence-corrected chi connectivity index (χ0v) is 14.0. The van der Waals surface area contributed by atoms with Crippen LogP contribution in [0, 0.1) is 5.82 Å². The van der Waals surface area contributed by atoms with E-state index >= 15 is 0 Å². The van der Waals surface area contributed by atoms with Crippen molar-refractivity contribution in [3.05, 3.63) is 35.6 Å². The molecular weight excluding hydrogens is 263 g/mol. The van der Waals surface area contributed by atoms with Gasteiger partial charge in [0.25, 0.3) is 0 Å². The van der Waals surface area contributed by atoms with E-state index in [1.165, 1.54) is 6.42 Å². The molecule has 0 aliphatic heterocycles. The highest BCUT2D eigenvalue weighted by Crippen LogP contribution is 2.20. The summed E-state index contributed by atoms with van der Waals surface area (Å²) in [6.07, 6.45) is 3.21. The van der Waals surface area contributed by atoms with E-state index in [1.807, 2.05) is 12.1 Å². The molecule has 1 rings (SSSR count). The van der Waals surface area contributed by atoms with Crippen molar-refractivity contribution >= 4 is 0 Å². The molecule has 0 aromatic heterocycles. The van der Waals surface area contributed by atoms with Crippen molar-refractivity contribution in [2.24, 2.45) is 0 Å². The Morgan fingerprint density at radius 3 is 2.38 bits per heavy atom. The van der Waals surface area contributed by atoms with E-state index in [4.69, 9.17) is 0 Å². The zero-order chi connectivity index (χ0) is 15.7. The van der Waals surface area contributed by atoms with Crippen molar-refractivity contribution in [1.82, 2.24) is 10.2 Å². The number of rotatable bonds is 10. The smallest absolute Gasteiger partial charge is 0.127 e. The van der Waals surface area contributed by atoms with Crippen LogP contribution in [0.5, 0.6) is 0 Å². The molecule has 2 nitrogen and oxygen atoms in total. The largest absolute Gasteiger partial charge is 0.307 e. The summed E-state index contributed by atoms with van der Waals surface area (Å²) in [5.41, 5.74) is 0.788. The summed E-state index contributed by atoms with van der Waals surface area (Å²) in [6.45, 7) is 12.1. The van der Waals surface area contributed by atoms with E-state index in [0.717, 1.165) is 38.0 Å². The number of hydrogen-bond acceptors (Lipinski definition) is 2. The fourth-order valence-corrected chi connectivity index (χ4v) is 2.77. The summed E-state index contributed by atoms with van der Waals surface area (Å²) in [5.74, 6) is -0.104. The average molecular weight is 294 g/mol. The van der Waals surface area contributed by atoms with E-state index in [2.05, 4.69) is 37.9 Å². The summed E-state index contributed by atoms with van der Waals surface area (Å²) in [7, 11) is 0. The lowest BCUT2D eigenvalue weighted by Gasteiger charge is -2.24. The van der Waals surface area contributed by atoms with Crippen molar-refractivity contribution in [3.63, 3.8) is 0 Å². The van der Waals surface area contributed by atoms with Gasteiger partial charge in [0.2, 0.25) is 0 Å². The zero-order valence-electron chi connectivity index (χ0n) is 14.0. The standard InChI is InChI=1S/C18H31FN2/c1-5-18(16-12-8-9-13-17(16)19)20-15(4)11-10-14-21(6-2)7-3/h8-9,12-13,15,18,20H,5-7,10-11,14H2,1-4H3. The third-order valence-corrected chi connectivity index (χ3v) is 4.18. The minimum atomic E-state index is -0.104. The molecule has 0 spiro atoms. The molecule has 0 heterocycles. The van der Waals surface area contributed by atoms with Crippen LogP contribution < -0.4 is 5.32 Å². The van der Waals surface area contributed by atoms with Gasteiger partial charge in [-0.1, -0.05) is 39.0 Å². The van der Waals surface area contributed by atoms with Gasteiger partial charge >= 0.3 is 0 Å². The second-order valence-corrected chi connectivity index (χ2v) is 5.72. The van der Waals surface area contributed by atoms with Gasteiger partial charge in [0.15, 0.2) is 0 Å². The number of nitrogens with one attached hydrogen (secondary N) is 1. The Bertz CT molecular complexity index is 391. The molecule has 1 aromatic rings. The van der Waals surface area contributed by atoms with Gasteiger partial charge in [0.05, 0.1) is 0 Å². The molecule has 3 heteroatoms. The highest BCUT2D eigenvalue weighted by Gasteiger charge is 2.15. The van der Waals surface area contributed by atoms with Gasteiger partial charge < -0.3 is 10.2 Å². The normalized spacial score (nSPS) is 14.4. The summed E-state index contributed by atoms with van der Waals surface area (Å²) < 4.78 is 13.9. The predicted molar refractivity (Wildman–Crippen MR) is 89.1 cm³/mol. The van der Waals surface area contributed by atoms with Crippen molar-refractivity contribution < 1.29 is 4.39 Å². The molecule has 0 saturated heterocycles. The fraction of sp³-hybridized carbons (Fsp3) is 0.667. The van der Waals surface area contributed by atoms with Crippen LogP contribution in [0.25, 0.3) is 0 Å². The second kappa shape index (κ2) is 9.91. The SMILES string of the molecule is CCC(NC(C)CCCN(CC)CC)c1ccccc1F. The Hall–Kier alpha value is -0.930. The van der Waals surface area contributed by atoms with Crippen molar-refractivity contribution in [2.75, 3.05) is 19.6 Å². The molecule has 21 heavy (non-hydrogen) atoms. The molecular formula is C18H31FN2. The topological polar surface area (TPSA) is 15.3 Å². The molecule has 0 radical (unpaired) electrons. The van der Waals surface area contributed by atoms with E-state index in [0.29, 0.717) is 6.04 Å². The van der Waals surface area contributed by atoms with Crippen molar-refractivity contribution in [3.8, 4) is 0 Å². The van der Waals surface area contributed by atoms with Crippen LogP contribution in [0.3, 0.4) is 0 Å². The minimum absolute atomic E-state index is 0.104. The van der Waals surface area contributed by atoms with Crippen molar-refractivity contribution in [1.29, 1.82) is 0 Å². The van der Waals surface area contributed by atoms with E-state index in [-0.39, 0.29) is 11.9 Å². The number of nitrogens with zero attached hydrogens (tertiary/aromatic N) is 1. The Kier molecular flexibility index (Phi) is 8.55. The van der Waals surface area contributed by atoms with Crippen molar-refractivity contribution in [2.45, 2.75) is 59.0 Å². The molecule has 120 valence electrons. The molecule has 1 N–H and O–H groups in total. The van der Waals surface area contributed by atoms with Gasteiger partial charge in [-0.2, -0.15) is 0 Å². The fourth-order valence-electron chi connectivity index (χ4n) is 2.77. The van der Waals surface area contributed by atoms with E-state index in [1.54, 1.807) is 12.1 Å². The minimum Gasteiger partial charge on any atom is -0.307 e. The van der Waals surface area contributed by atoms with Gasteiger partial charge in [-0.25, -0.2) is 4.39 Å². The van der Waals surface area contributed by atoms with Gasteiger partial charge in [-0.05, 0) is 51.9 Å². The molecule has 0 fully saturated rings. The highest BCUT2D eigenvalue weighted by molar-refractivity contribution is 5.21. The summed E-state index contributed by atoms with van der Waals surface area (Å²) in [4.78, 5) is 2.45. The Morgan fingerprint density at radius 1 is 1.14 bits per heavy atom. The number of halogens is 1. The first-order chi connectivity index (χ1) is 10.1. The predicted octanol–water partition coefficient (Wildman–Crippen LogP) is 4.38. The summed E-state index contributed by atoms with van der Waals surface area (Å²) in [6, 6.07) is 7.61. The average Bonchev–Trinajstić information content (AvgIpc) is 2.50. The second-order valence-electron chi connectivity index (χ2n) is 5.72. The summed E-state index contributed by atoms with van der Waals surface area (Å²) >= 11 is 0. The number of benzene rings is 1. The third kappa shape index (κ3) is 6.15. The molecule has 0 saturated carbocycles. The first-order valence-electron chi connectivity index (χ1n) is 8.35. The molecule has 0 amide bonds. The lowest BCUT2D eigenvalue weighted by Crippen LogP contribution is -2.32. The molecule has 0 aliphatic carbocycles. The maximum Gasteiger partial charge on any atom is 0.127 e. The highest BCUT2D eigenvalue weighted by atomic mass is 19.1. The Balaban J connectivity index is 2.45. The van der Waals surface area contributed by atoms with Crippen LogP contribution in [-0.4, -0.2) is 30.6 Å². The Morgan fingerprint density at radius 2 is 1.81 bits per heavy atom. The van der Waals surface area contributed by atoms with Crippen LogP contribution in [0.1, 0.15) is 58.6 Å². The first-order valence-corrected chi connectivity index (χ1v) is 8.35. The number of hydrogen-bond donors (Lipinski definition) is 1. The van der Waals surface area contributed by atoms with E-state index in [9.17, 15) is 4.39 Å². The van der Waals surface area contributed by atoms with Gasteiger partial charge in [0, 0.05) is 17.6 Å². The quantitative estimate of drug-likeness (QED) is 0.689. The van der Waals surface area contributed by atoms with Gasteiger partial charge in [0.1, 0.15) is 5.82 Å². The summed E-state index contributed by atoms with van der Waals surface area (Å²) in [5, 5.41) is 3.58. The molecule has 2 atom stereocenters. The van der Waals surface area contributed by atoms with Crippen LogP contribution in [-0.2, 0) is 0 Å². The molecule has 0 aliphatic rings. The van der Waals surface area contributed by atoms with Crippen LogP contribution in [0.15, 0.2) is 24.3 Å². The van der Waals surface area contributed by atoms with E-state index < -0.39 is 0 Å². The maximum absolute atomic E-state index is 13.9. The van der Waals surface area contributed by atoms with Gasteiger partial charge in [-0.3, -0.25) is 0 Å². The van der Waals surface area contributed by atoms with Gasteiger partial charge in [-0.15, -0.1) is 0 Å². The maximum atomic E-state index is 13.9. The molecule has 0 bridgehead atoms. The third-order valence-electron chi connectivity index (χ3n) is 4.18. The van der Waals surface area contributed by atoms with Crippen LogP contribution >= 0.6 is 0 Å². The molecule has 1 aromatic carbocycles. The molecule has 2 unspecified atom stereocenters. The van der Waals surface area contributed by atoms with Crippen LogP contribution in [0.4, 0.5) is 4.39 Å². The lowest BCUT2D eigenvalue weighted by atomic mass is 10.0. The monoisotopic (exact) mass is 294 g/mol. The van der Waals surface area contributed by atoms with Crippen LogP contribution in [0.2, 0.25) is 0 Å². The first kappa shape index (κ1) is 18.1. The lowest BCUT2D eigenvalue weighted by molar-refractivity contribution is 0.287.